The average molecular weight is 351 g/mol. The van der Waals surface area contributed by atoms with Crippen molar-refractivity contribution >= 4 is 10.0 Å². The maximum atomic E-state index is 12.5. The summed E-state index contributed by atoms with van der Waals surface area (Å²) in [5.41, 5.74) is 1.47. The van der Waals surface area contributed by atoms with E-state index in [0.717, 1.165) is 5.56 Å². The van der Waals surface area contributed by atoms with Crippen LogP contribution < -0.4 is 18.9 Å². The van der Waals surface area contributed by atoms with Crippen molar-refractivity contribution in [1.82, 2.24) is 4.72 Å². The lowest BCUT2D eigenvalue weighted by Gasteiger charge is -2.12. The Morgan fingerprint density at radius 1 is 0.917 bits per heavy atom. The number of benzene rings is 2. The third kappa shape index (κ3) is 3.98. The number of sulfonamides is 1. The van der Waals surface area contributed by atoms with Gasteiger partial charge in [-0.1, -0.05) is 6.07 Å². The largest absolute Gasteiger partial charge is 0.497 e. The highest BCUT2D eigenvalue weighted by Crippen LogP contribution is 2.25. The Labute approximate surface area is 142 Å². The maximum absolute atomic E-state index is 12.5. The van der Waals surface area contributed by atoms with Gasteiger partial charge in [0.15, 0.2) is 0 Å². The van der Waals surface area contributed by atoms with Crippen LogP contribution in [0, 0.1) is 6.92 Å². The molecule has 0 aromatic heterocycles. The molecule has 2 aromatic rings. The van der Waals surface area contributed by atoms with Gasteiger partial charge in [0, 0.05) is 18.2 Å². The number of hydrogen-bond donors (Lipinski definition) is 1. The van der Waals surface area contributed by atoms with Crippen molar-refractivity contribution in [2.45, 2.75) is 18.4 Å². The van der Waals surface area contributed by atoms with Crippen molar-refractivity contribution in [2.24, 2.45) is 0 Å². The first kappa shape index (κ1) is 18.1. The summed E-state index contributed by atoms with van der Waals surface area (Å²) in [6.45, 7) is 1.91. The summed E-state index contributed by atoms with van der Waals surface area (Å²) < 4.78 is 43.1. The first-order chi connectivity index (χ1) is 11.4. The molecule has 0 radical (unpaired) electrons. The van der Waals surface area contributed by atoms with Crippen molar-refractivity contribution in [3.63, 3.8) is 0 Å². The van der Waals surface area contributed by atoms with Gasteiger partial charge in [0.05, 0.1) is 26.2 Å². The summed E-state index contributed by atoms with van der Waals surface area (Å²) in [7, 11) is 0.993. The van der Waals surface area contributed by atoms with Gasteiger partial charge >= 0.3 is 0 Å². The molecule has 0 amide bonds. The number of rotatable bonds is 7. The Balaban J connectivity index is 2.20. The van der Waals surface area contributed by atoms with E-state index in [1.54, 1.807) is 51.5 Å². The zero-order valence-electron chi connectivity index (χ0n) is 14.1. The quantitative estimate of drug-likeness (QED) is 0.830. The Hall–Kier alpha value is -2.25. The third-order valence-corrected chi connectivity index (χ3v) is 5.02. The minimum absolute atomic E-state index is 0.112. The monoisotopic (exact) mass is 351 g/mol. The topological polar surface area (TPSA) is 73.9 Å². The van der Waals surface area contributed by atoms with E-state index < -0.39 is 10.0 Å². The second-order valence-corrected chi connectivity index (χ2v) is 6.90. The Morgan fingerprint density at radius 3 is 2.21 bits per heavy atom. The van der Waals surface area contributed by atoms with Gasteiger partial charge in [0.1, 0.15) is 17.2 Å². The van der Waals surface area contributed by atoms with E-state index in [1.807, 2.05) is 0 Å². The van der Waals surface area contributed by atoms with Crippen LogP contribution in [0.4, 0.5) is 0 Å². The molecule has 0 atom stereocenters. The lowest BCUT2D eigenvalue weighted by atomic mass is 10.2. The fourth-order valence-electron chi connectivity index (χ4n) is 2.27. The molecule has 7 heteroatoms. The first-order valence-electron chi connectivity index (χ1n) is 7.26. The van der Waals surface area contributed by atoms with E-state index in [-0.39, 0.29) is 11.4 Å². The standard InChI is InChI=1S/C17H21NO5S/c1-12-9-15(7-8-16(12)22-3)24(19,20)18-11-13-5-6-14(21-2)10-17(13)23-4/h5-10,18H,11H2,1-4H3. The lowest BCUT2D eigenvalue weighted by Crippen LogP contribution is -2.23. The fourth-order valence-corrected chi connectivity index (χ4v) is 3.36. The van der Waals surface area contributed by atoms with Crippen molar-refractivity contribution in [3.05, 3.63) is 47.5 Å². The highest BCUT2D eigenvalue weighted by molar-refractivity contribution is 7.89. The molecule has 2 aromatic carbocycles. The number of ether oxygens (including phenoxy) is 3. The molecule has 0 bridgehead atoms. The zero-order valence-corrected chi connectivity index (χ0v) is 14.9. The Bertz CT molecular complexity index is 818. The van der Waals surface area contributed by atoms with Gasteiger partial charge in [-0.25, -0.2) is 13.1 Å². The smallest absolute Gasteiger partial charge is 0.240 e. The second-order valence-electron chi connectivity index (χ2n) is 5.13. The number of hydrogen-bond acceptors (Lipinski definition) is 5. The molecule has 0 unspecified atom stereocenters. The third-order valence-electron chi connectivity index (χ3n) is 3.62. The molecule has 6 nitrogen and oxygen atoms in total. The van der Waals surface area contributed by atoms with Crippen LogP contribution in [0.2, 0.25) is 0 Å². The van der Waals surface area contributed by atoms with E-state index in [9.17, 15) is 8.42 Å². The summed E-state index contributed by atoms with van der Waals surface area (Å²) in [5, 5.41) is 0. The molecule has 24 heavy (non-hydrogen) atoms. The van der Waals surface area contributed by atoms with Gasteiger partial charge < -0.3 is 14.2 Å². The highest BCUT2D eigenvalue weighted by Gasteiger charge is 2.16. The minimum Gasteiger partial charge on any atom is -0.497 e. The zero-order chi connectivity index (χ0) is 17.7. The number of aryl methyl sites for hydroxylation is 1. The molecule has 0 aliphatic carbocycles. The molecular weight excluding hydrogens is 330 g/mol. The van der Waals surface area contributed by atoms with Crippen LogP contribution in [0.25, 0.3) is 0 Å². The van der Waals surface area contributed by atoms with Crippen LogP contribution in [-0.2, 0) is 16.6 Å². The van der Waals surface area contributed by atoms with Gasteiger partial charge in [-0.2, -0.15) is 0 Å². The highest BCUT2D eigenvalue weighted by atomic mass is 32.2. The molecule has 0 aliphatic rings. The first-order valence-corrected chi connectivity index (χ1v) is 8.75. The van der Waals surface area contributed by atoms with E-state index in [0.29, 0.717) is 22.8 Å². The molecule has 1 N–H and O–H groups in total. The van der Waals surface area contributed by atoms with Crippen LogP contribution in [0.1, 0.15) is 11.1 Å². The molecule has 0 aliphatic heterocycles. The van der Waals surface area contributed by atoms with Gasteiger partial charge in [-0.05, 0) is 36.8 Å². The average Bonchev–Trinajstić information content (AvgIpc) is 2.59. The predicted octanol–water partition coefficient (Wildman–Crippen LogP) is 2.50. The Morgan fingerprint density at radius 2 is 1.62 bits per heavy atom. The molecule has 130 valence electrons. The second kappa shape index (κ2) is 7.55. The predicted molar refractivity (Wildman–Crippen MR) is 91.3 cm³/mol. The fraction of sp³-hybridized carbons (Fsp3) is 0.294. The van der Waals surface area contributed by atoms with Crippen LogP contribution in [0.3, 0.4) is 0 Å². The maximum Gasteiger partial charge on any atom is 0.240 e. The molecule has 0 fully saturated rings. The van der Waals surface area contributed by atoms with Crippen LogP contribution >= 0.6 is 0 Å². The van der Waals surface area contributed by atoms with Crippen molar-refractivity contribution in [3.8, 4) is 17.2 Å². The summed E-state index contributed by atoms with van der Waals surface area (Å²) in [4.78, 5) is 0.188. The summed E-state index contributed by atoms with van der Waals surface area (Å²) in [5.74, 6) is 1.85. The van der Waals surface area contributed by atoms with E-state index in [2.05, 4.69) is 4.72 Å². The number of methoxy groups -OCH3 is 3. The van der Waals surface area contributed by atoms with Gasteiger partial charge in [-0.15, -0.1) is 0 Å². The van der Waals surface area contributed by atoms with Gasteiger partial charge in [0.25, 0.3) is 0 Å². The Kier molecular flexibility index (Phi) is 5.69. The summed E-state index contributed by atoms with van der Waals surface area (Å²) >= 11 is 0. The lowest BCUT2D eigenvalue weighted by molar-refractivity contribution is 0.390. The number of nitrogens with one attached hydrogen (secondary N) is 1. The van der Waals surface area contributed by atoms with Crippen molar-refractivity contribution < 1.29 is 22.6 Å². The minimum atomic E-state index is -3.64. The van der Waals surface area contributed by atoms with E-state index >= 15 is 0 Å². The molecule has 2 rings (SSSR count). The van der Waals surface area contributed by atoms with Crippen molar-refractivity contribution in [2.75, 3.05) is 21.3 Å². The summed E-state index contributed by atoms with van der Waals surface area (Å²) in [6, 6.07) is 9.95. The van der Waals surface area contributed by atoms with E-state index in [4.69, 9.17) is 14.2 Å². The van der Waals surface area contributed by atoms with Crippen LogP contribution in [-0.4, -0.2) is 29.7 Å². The van der Waals surface area contributed by atoms with Gasteiger partial charge in [0.2, 0.25) is 10.0 Å². The van der Waals surface area contributed by atoms with Crippen LogP contribution in [0.15, 0.2) is 41.3 Å². The van der Waals surface area contributed by atoms with E-state index in [1.165, 1.54) is 13.2 Å². The van der Waals surface area contributed by atoms with Crippen molar-refractivity contribution in [1.29, 1.82) is 0 Å². The normalized spacial score (nSPS) is 11.2. The molecule has 0 saturated heterocycles. The molecule has 0 saturated carbocycles. The molecule has 0 heterocycles. The SMILES string of the molecule is COc1ccc(CNS(=O)(=O)c2ccc(OC)c(C)c2)c(OC)c1. The molecule has 0 spiro atoms. The molecular formula is C17H21NO5S. The van der Waals surface area contributed by atoms with Crippen LogP contribution in [0.5, 0.6) is 17.2 Å². The van der Waals surface area contributed by atoms with Gasteiger partial charge in [-0.3, -0.25) is 0 Å². The summed E-state index contributed by atoms with van der Waals surface area (Å²) in [6.07, 6.45) is 0.